The minimum atomic E-state index is -0.0506. The monoisotopic (exact) mass is 209 g/mol. The number of unbranched alkanes of at least 4 members (excludes halogenated alkanes) is 2. The normalized spacial score (nSPS) is 10.3. The van der Waals surface area contributed by atoms with E-state index in [4.69, 9.17) is 5.73 Å². The van der Waals surface area contributed by atoms with Crippen molar-refractivity contribution in [2.24, 2.45) is 7.05 Å². The maximum absolute atomic E-state index is 11.7. The molecule has 0 saturated carbocycles. The third-order valence-electron chi connectivity index (χ3n) is 2.32. The van der Waals surface area contributed by atoms with Crippen LogP contribution in [0.25, 0.3) is 0 Å². The minimum Gasteiger partial charge on any atom is -0.397 e. The van der Waals surface area contributed by atoms with E-state index < -0.39 is 0 Å². The van der Waals surface area contributed by atoms with Crippen LogP contribution in [0.5, 0.6) is 0 Å². The molecule has 1 heterocycles. The van der Waals surface area contributed by atoms with E-state index in [9.17, 15) is 4.79 Å². The molecule has 4 heteroatoms. The lowest BCUT2D eigenvalue weighted by molar-refractivity contribution is 0.0945. The highest BCUT2D eigenvalue weighted by molar-refractivity contribution is 5.93. The maximum Gasteiger partial charge on any atom is 0.267 e. The summed E-state index contributed by atoms with van der Waals surface area (Å²) < 4.78 is 1.74. The van der Waals surface area contributed by atoms with Gasteiger partial charge in [-0.25, -0.2) is 0 Å². The van der Waals surface area contributed by atoms with E-state index in [1.807, 2.05) is 7.05 Å². The van der Waals surface area contributed by atoms with Gasteiger partial charge in [0.15, 0.2) is 0 Å². The van der Waals surface area contributed by atoms with Gasteiger partial charge in [-0.05, 0) is 12.5 Å². The molecule has 15 heavy (non-hydrogen) atoms. The number of hydrogen-bond acceptors (Lipinski definition) is 2. The molecule has 3 N–H and O–H groups in total. The topological polar surface area (TPSA) is 60.1 Å². The molecule has 0 saturated heterocycles. The zero-order valence-electron chi connectivity index (χ0n) is 9.42. The number of anilines is 1. The van der Waals surface area contributed by atoms with Crippen molar-refractivity contribution in [3.63, 3.8) is 0 Å². The highest BCUT2D eigenvalue weighted by Gasteiger charge is 2.09. The van der Waals surface area contributed by atoms with E-state index in [2.05, 4.69) is 12.2 Å². The van der Waals surface area contributed by atoms with Gasteiger partial charge in [0.2, 0.25) is 0 Å². The van der Waals surface area contributed by atoms with Gasteiger partial charge in [0.05, 0.1) is 5.69 Å². The molecule has 0 aliphatic heterocycles. The van der Waals surface area contributed by atoms with Gasteiger partial charge < -0.3 is 15.6 Å². The molecule has 0 aliphatic carbocycles. The minimum absolute atomic E-state index is 0.0506. The van der Waals surface area contributed by atoms with E-state index in [0.29, 0.717) is 11.4 Å². The number of aryl methyl sites for hydroxylation is 1. The Morgan fingerprint density at radius 2 is 2.27 bits per heavy atom. The Hall–Kier alpha value is -1.45. The van der Waals surface area contributed by atoms with Crippen LogP contribution in [0, 0.1) is 0 Å². The largest absolute Gasteiger partial charge is 0.397 e. The van der Waals surface area contributed by atoms with Gasteiger partial charge in [-0.3, -0.25) is 4.79 Å². The van der Waals surface area contributed by atoms with E-state index in [0.717, 1.165) is 25.8 Å². The summed E-state index contributed by atoms with van der Waals surface area (Å²) in [6.07, 6.45) is 5.08. The Bertz CT molecular complexity index is 331. The van der Waals surface area contributed by atoms with Crippen LogP contribution >= 0.6 is 0 Å². The van der Waals surface area contributed by atoms with Crippen molar-refractivity contribution < 1.29 is 4.79 Å². The molecule has 0 aliphatic rings. The number of nitrogens with one attached hydrogen (secondary N) is 1. The van der Waals surface area contributed by atoms with Crippen molar-refractivity contribution in [1.29, 1.82) is 0 Å². The molecule has 0 aromatic carbocycles. The molecule has 1 aromatic rings. The maximum atomic E-state index is 11.7. The highest BCUT2D eigenvalue weighted by atomic mass is 16.1. The fourth-order valence-corrected chi connectivity index (χ4v) is 1.48. The van der Waals surface area contributed by atoms with Crippen LogP contribution in [-0.4, -0.2) is 17.0 Å². The first-order valence-electron chi connectivity index (χ1n) is 5.35. The molecule has 84 valence electrons. The van der Waals surface area contributed by atoms with Gasteiger partial charge in [-0.2, -0.15) is 0 Å². The second kappa shape index (κ2) is 5.44. The van der Waals surface area contributed by atoms with Gasteiger partial charge in [-0.15, -0.1) is 0 Å². The quantitative estimate of drug-likeness (QED) is 0.722. The predicted molar refractivity (Wildman–Crippen MR) is 61.7 cm³/mol. The second-order valence-electron chi connectivity index (χ2n) is 3.73. The van der Waals surface area contributed by atoms with Crippen molar-refractivity contribution in [2.75, 3.05) is 12.3 Å². The molecule has 0 fully saturated rings. The number of hydrogen-bond donors (Lipinski definition) is 2. The fraction of sp³-hybridized carbons (Fsp3) is 0.545. The Morgan fingerprint density at radius 1 is 1.53 bits per heavy atom. The molecule has 1 rings (SSSR count). The number of amides is 1. The van der Waals surface area contributed by atoms with Gasteiger partial charge in [-0.1, -0.05) is 19.8 Å². The molecular formula is C11H19N3O. The highest BCUT2D eigenvalue weighted by Crippen LogP contribution is 2.08. The summed E-state index contributed by atoms with van der Waals surface area (Å²) in [5.74, 6) is -0.0506. The second-order valence-corrected chi connectivity index (χ2v) is 3.73. The summed E-state index contributed by atoms with van der Waals surface area (Å²) in [5.41, 5.74) is 6.83. The molecular weight excluding hydrogens is 190 g/mol. The van der Waals surface area contributed by atoms with Crippen LogP contribution in [0.15, 0.2) is 12.3 Å². The first-order chi connectivity index (χ1) is 7.15. The number of carbonyl (C=O) groups excluding carboxylic acids is 1. The zero-order valence-corrected chi connectivity index (χ0v) is 9.42. The summed E-state index contributed by atoms with van der Waals surface area (Å²) in [6.45, 7) is 2.87. The standard InChI is InChI=1S/C11H19N3O/c1-3-4-5-6-13-11(15)10-7-9(12)8-14(10)2/h7-8H,3-6,12H2,1-2H3,(H,13,15). The third-order valence-corrected chi connectivity index (χ3v) is 2.32. The predicted octanol–water partition coefficient (Wildman–Crippen LogP) is 1.53. The van der Waals surface area contributed by atoms with Crippen LogP contribution in [0.3, 0.4) is 0 Å². The SMILES string of the molecule is CCCCCNC(=O)c1cc(N)cn1C. The van der Waals surface area contributed by atoms with E-state index in [-0.39, 0.29) is 5.91 Å². The third kappa shape index (κ3) is 3.31. The summed E-state index contributed by atoms with van der Waals surface area (Å²) in [7, 11) is 1.82. The molecule has 4 nitrogen and oxygen atoms in total. The average Bonchev–Trinajstić information content (AvgIpc) is 2.52. The number of aromatic nitrogens is 1. The lowest BCUT2D eigenvalue weighted by Gasteiger charge is -2.04. The molecule has 0 bridgehead atoms. The molecule has 0 radical (unpaired) electrons. The molecule has 0 atom stereocenters. The number of nitrogens with zero attached hydrogens (tertiary/aromatic N) is 1. The smallest absolute Gasteiger partial charge is 0.267 e. The summed E-state index contributed by atoms with van der Waals surface area (Å²) >= 11 is 0. The lowest BCUT2D eigenvalue weighted by atomic mass is 10.2. The van der Waals surface area contributed by atoms with Crippen molar-refractivity contribution in [3.8, 4) is 0 Å². The molecule has 0 spiro atoms. The van der Waals surface area contributed by atoms with E-state index >= 15 is 0 Å². The first kappa shape index (κ1) is 11.6. The van der Waals surface area contributed by atoms with E-state index in [1.54, 1.807) is 16.8 Å². The Morgan fingerprint density at radius 3 is 2.80 bits per heavy atom. The van der Waals surface area contributed by atoms with E-state index in [1.165, 1.54) is 0 Å². The molecule has 1 amide bonds. The zero-order chi connectivity index (χ0) is 11.3. The van der Waals surface area contributed by atoms with Crippen molar-refractivity contribution >= 4 is 11.6 Å². The van der Waals surface area contributed by atoms with Gasteiger partial charge in [0.1, 0.15) is 5.69 Å². The number of nitrogens with two attached hydrogens (primary N) is 1. The van der Waals surface area contributed by atoms with Crippen molar-refractivity contribution in [3.05, 3.63) is 18.0 Å². The van der Waals surface area contributed by atoms with Crippen molar-refractivity contribution in [1.82, 2.24) is 9.88 Å². The van der Waals surface area contributed by atoms with Crippen LogP contribution in [0.1, 0.15) is 36.7 Å². The average molecular weight is 209 g/mol. The summed E-state index contributed by atoms with van der Waals surface area (Å²) in [4.78, 5) is 11.7. The molecule has 0 unspecified atom stereocenters. The van der Waals surface area contributed by atoms with Crippen LogP contribution in [0.2, 0.25) is 0 Å². The fourth-order valence-electron chi connectivity index (χ4n) is 1.48. The lowest BCUT2D eigenvalue weighted by Crippen LogP contribution is -2.26. The number of rotatable bonds is 5. The Balaban J connectivity index is 2.43. The van der Waals surface area contributed by atoms with Crippen LogP contribution < -0.4 is 11.1 Å². The van der Waals surface area contributed by atoms with Crippen molar-refractivity contribution in [2.45, 2.75) is 26.2 Å². The Labute approximate surface area is 90.5 Å². The number of carbonyl (C=O) groups is 1. The van der Waals surface area contributed by atoms with Crippen LogP contribution in [-0.2, 0) is 7.05 Å². The Kier molecular flexibility index (Phi) is 4.21. The summed E-state index contributed by atoms with van der Waals surface area (Å²) in [6, 6.07) is 1.69. The van der Waals surface area contributed by atoms with Gasteiger partial charge in [0, 0.05) is 19.8 Å². The van der Waals surface area contributed by atoms with Gasteiger partial charge >= 0.3 is 0 Å². The first-order valence-corrected chi connectivity index (χ1v) is 5.35. The summed E-state index contributed by atoms with van der Waals surface area (Å²) in [5, 5.41) is 2.87. The van der Waals surface area contributed by atoms with Crippen LogP contribution in [0.4, 0.5) is 5.69 Å². The van der Waals surface area contributed by atoms with Gasteiger partial charge in [0.25, 0.3) is 5.91 Å². The number of nitrogen functional groups attached to an aromatic ring is 1. The molecule has 1 aromatic heterocycles.